The number of anilines is 1. The van der Waals surface area contributed by atoms with Gasteiger partial charge in [0.05, 0.1) is 0 Å². The van der Waals surface area contributed by atoms with Crippen LogP contribution in [0, 0.1) is 0 Å². The average Bonchev–Trinajstić information content (AvgIpc) is 2.82. The van der Waals surface area contributed by atoms with Crippen LogP contribution in [-0.2, 0) is 14.6 Å². The molecule has 6 nitrogen and oxygen atoms in total. The molecule has 1 aromatic heterocycles. The predicted octanol–water partition coefficient (Wildman–Crippen LogP) is 1.74. The Bertz CT molecular complexity index is 795. The van der Waals surface area contributed by atoms with E-state index in [-0.39, 0.29) is 20.8 Å². The zero-order valence-corrected chi connectivity index (χ0v) is 12.9. The summed E-state index contributed by atoms with van der Waals surface area (Å²) in [6.07, 6.45) is 1.00. The number of benzene rings is 1. The number of aromatic nitrogens is 1. The van der Waals surface area contributed by atoms with Crippen LogP contribution in [0.4, 0.5) is 5.82 Å². The Balaban J connectivity index is 2.53. The first kappa shape index (κ1) is 15.3. The summed E-state index contributed by atoms with van der Waals surface area (Å²) in [6, 6.07) is 8.38. The molecule has 0 saturated carbocycles. The lowest BCUT2D eigenvalue weighted by Gasteiger charge is -2.01. The van der Waals surface area contributed by atoms with Crippen LogP contribution in [0.15, 0.2) is 34.7 Å². The number of nitrogens with zero attached hydrogens (tertiary/aromatic N) is 1. The van der Waals surface area contributed by atoms with Crippen molar-refractivity contribution >= 4 is 38.7 Å². The van der Waals surface area contributed by atoms with Gasteiger partial charge in [-0.3, -0.25) is 9.59 Å². The fourth-order valence-electron chi connectivity index (χ4n) is 1.59. The summed E-state index contributed by atoms with van der Waals surface area (Å²) < 4.78 is 22.9. The molecule has 0 spiro atoms. The van der Waals surface area contributed by atoms with Crippen LogP contribution in [0.25, 0.3) is 0 Å². The number of ketones is 1. The number of hydrogen-bond acceptors (Lipinski definition) is 6. The highest BCUT2D eigenvalue weighted by atomic mass is 32.2. The van der Waals surface area contributed by atoms with Gasteiger partial charge in [-0.15, -0.1) is 0 Å². The molecule has 0 bridgehead atoms. The van der Waals surface area contributed by atoms with Gasteiger partial charge in [0, 0.05) is 18.7 Å². The zero-order valence-electron chi connectivity index (χ0n) is 11.3. The average molecular weight is 324 g/mol. The molecule has 1 amide bonds. The Morgan fingerprint density at radius 3 is 2.33 bits per heavy atom. The molecule has 0 aliphatic carbocycles. The number of sulfone groups is 1. The molecule has 2 aromatic rings. The van der Waals surface area contributed by atoms with E-state index in [9.17, 15) is 18.0 Å². The molecule has 8 heteroatoms. The van der Waals surface area contributed by atoms with Crippen molar-refractivity contribution in [2.75, 3.05) is 11.6 Å². The molecule has 110 valence electrons. The third kappa shape index (κ3) is 3.53. The molecule has 0 saturated heterocycles. The number of rotatable bonds is 4. The van der Waals surface area contributed by atoms with Crippen molar-refractivity contribution < 1.29 is 18.0 Å². The number of nitrogens with one attached hydrogen (secondary N) is 1. The van der Waals surface area contributed by atoms with Gasteiger partial charge in [0.25, 0.3) is 0 Å². The first-order valence-corrected chi connectivity index (χ1v) is 8.58. The standard InChI is InChI=1S/C13H12N2O4S2/c1-8(16)14-12-11(20-13(15-12)21(2,18)19)10(17)9-6-4-3-5-7-9/h3-7H,1-2H3,(H,14,16). The number of amides is 1. The molecule has 0 atom stereocenters. The monoisotopic (exact) mass is 324 g/mol. The Labute approximate surface area is 125 Å². The van der Waals surface area contributed by atoms with E-state index in [4.69, 9.17) is 0 Å². The van der Waals surface area contributed by atoms with Crippen molar-refractivity contribution in [1.29, 1.82) is 0 Å². The fraction of sp³-hybridized carbons (Fsp3) is 0.154. The normalized spacial score (nSPS) is 11.1. The van der Waals surface area contributed by atoms with Gasteiger partial charge >= 0.3 is 0 Å². The molecule has 1 N–H and O–H groups in total. The van der Waals surface area contributed by atoms with Crippen molar-refractivity contribution in [1.82, 2.24) is 4.98 Å². The van der Waals surface area contributed by atoms with Crippen LogP contribution in [0.5, 0.6) is 0 Å². The van der Waals surface area contributed by atoms with Crippen molar-refractivity contribution in [2.45, 2.75) is 11.3 Å². The summed E-state index contributed by atoms with van der Waals surface area (Å²) in [5.74, 6) is -0.837. The lowest BCUT2D eigenvalue weighted by Crippen LogP contribution is -2.10. The maximum Gasteiger partial charge on any atom is 0.222 e. The lowest BCUT2D eigenvalue weighted by atomic mass is 10.1. The Kier molecular flexibility index (Phi) is 4.19. The second-order valence-corrected chi connectivity index (χ2v) is 7.49. The number of carbonyl (C=O) groups excluding carboxylic acids is 2. The highest BCUT2D eigenvalue weighted by molar-refractivity contribution is 7.92. The molecule has 1 heterocycles. The van der Waals surface area contributed by atoms with Crippen LogP contribution < -0.4 is 5.32 Å². The van der Waals surface area contributed by atoms with Gasteiger partial charge in [-0.05, 0) is 0 Å². The van der Waals surface area contributed by atoms with Gasteiger partial charge in [0.15, 0.2) is 5.82 Å². The maximum atomic E-state index is 12.4. The minimum atomic E-state index is -3.55. The van der Waals surface area contributed by atoms with Gasteiger partial charge in [-0.25, -0.2) is 13.4 Å². The Hall–Kier alpha value is -2.06. The summed E-state index contributed by atoms with van der Waals surface area (Å²) >= 11 is 0.748. The maximum absolute atomic E-state index is 12.4. The van der Waals surface area contributed by atoms with E-state index in [0.29, 0.717) is 5.56 Å². The summed E-state index contributed by atoms with van der Waals surface area (Å²) in [5.41, 5.74) is 0.396. The van der Waals surface area contributed by atoms with Gasteiger partial charge in [0.1, 0.15) is 4.88 Å². The third-order valence-electron chi connectivity index (χ3n) is 2.46. The highest BCUT2D eigenvalue weighted by Crippen LogP contribution is 2.29. The van der Waals surface area contributed by atoms with Crippen LogP contribution in [-0.4, -0.2) is 31.3 Å². The number of carbonyl (C=O) groups is 2. The van der Waals surface area contributed by atoms with Gasteiger partial charge in [-0.2, -0.15) is 0 Å². The molecule has 1 aromatic carbocycles. The first-order valence-electron chi connectivity index (χ1n) is 5.87. The minimum absolute atomic E-state index is 0.0261. The van der Waals surface area contributed by atoms with E-state index in [1.807, 2.05) is 0 Å². The largest absolute Gasteiger partial charge is 0.310 e. The fourth-order valence-corrected chi connectivity index (χ4v) is 3.41. The summed E-state index contributed by atoms with van der Waals surface area (Å²) in [5, 5.41) is 2.39. The molecular formula is C13H12N2O4S2. The molecule has 0 unspecified atom stereocenters. The SMILES string of the molecule is CC(=O)Nc1nc(S(C)(=O)=O)sc1C(=O)c1ccccc1. The summed E-state index contributed by atoms with van der Waals surface area (Å²) in [7, 11) is -3.55. The van der Waals surface area contributed by atoms with Gasteiger partial charge in [0.2, 0.25) is 25.9 Å². The molecule has 2 rings (SSSR count). The zero-order chi connectivity index (χ0) is 15.6. The Morgan fingerprint density at radius 2 is 1.81 bits per heavy atom. The van der Waals surface area contributed by atoms with Crippen molar-refractivity contribution in [3.63, 3.8) is 0 Å². The van der Waals surface area contributed by atoms with Gasteiger partial charge < -0.3 is 5.32 Å². The molecule has 0 radical (unpaired) electrons. The third-order valence-corrected chi connectivity index (χ3v) is 5.19. The van der Waals surface area contributed by atoms with E-state index in [1.54, 1.807) is 30.3 Å². The quantitative estimate of drug-likeness (QED) is 0.865. The van der Waals surface area contributed by atoms with E-state index in [0.717, 1.165) is 17.6 Å². The van der Waals surface area contributed by atoms with Crippen LogP contribution in [0.2, 0.25) is 0 Å². The van der Waals surface area contributed by atoms with E-state index in [2.05, 4.69) is 10.3 Å². The first-order chi connectivity index (χ1) is 9.79. The van der Waals surface area contributed by atoms with Crippen molar-refractivity contribution in [3.05, 3.63) is 40.8 Å². The predicted molar refractivity (Wildman–Crippen MR) is 79.4 cm³/mol. The lowest BCUT2D eigenvalue weighted by molar-refractivity contribution is -0.114. The van der Waals surface area contributed by atoms with Crippen molar-refractivity contribution in [3.8, 4) is 0 Å². The highest BCUT2D eigenvalue weighted by Gasteiger charge is 2.24. The van der Waals surface area contributed by atoms with E-state index in [1.165, 1.54) is 6.92 Å². The molecule has 0 aliphatic heterocycles. The summed E-state index contributed by atoms with van der Waals surface area (Å²) in [6.45, 7) is 1.26. The van der Waals surface area contributed by atoms with Crippen LogP contribution in [0.1, 0.15) is 22.2 Å². The number of thiazole rings is 1. The van der Waals surface area contributed by atoms with Crippen LogP contribution in [0.3, 0.4) is 0 Å². The Morgan fingerprint density at radius 1 is 1.19 bits per heavy atom. The van der Waals surface area contributed by atoms with Gasteiger partial charge in [-0.1, -0.05) is 41.7 Å². The van der Waals surface area contributed by atoms with Crippen LogP contribution >= 0.6 is 11.3 Å². The molecule has 21 heavy (non-hydrogen) atoms. The topological polar surface area (TPSA) is 93.2 Å². The molecule has 0 fully saturated rings. The molecule has 0 aliphatic rings. The second kappa shape index (κ2) is 5.74. The summed E-state index contributed by atoms with van der Waals surface area (Å²) in [4.78, 5) is 27.5. The van der Waals surface area contributed by atoms with E-state index >= 15 is 0 Å². The van der Waals surface area contributed by atoms with E-state index < -0.39 is 15.7 Å². The smallest absolute Gasteiger partial charge is 0.222 e. The second-order valence-electron chi connectivity index (χ2n) is 4.31. The number of hydrogen-bond donors (Lipinski definition) is 1. The molecular weight excluding hydrogens is 312 g/mol. The van der Waals surface area contributed by atoms with Crippen molar-refractivity contribution in [2.24, 2.45) is 0 Å². The minimum Gasteiger partial charge on any atom is -0.310 e.